The number of aromatic nitrogens is 2. The summed E-state index contributed by atoms with van der Waals surface area (Å²) in [5.74, 6) is 0. The third kappa shape index (κ3) is 2.67. The van der Waals surface area contributed by atoms with E-state index in [0.29, 0.717) is 10.9 Å². The van der Waals surface area contributed by atoms with E-state index in [2.05, 4.69) is 40.0 Å². The molecule has 0 saturated carbocycles. The highest BCUT2D eigenvalue weighted by Crippen LogP contribution is 2.27. The van der Waals surface area contributed by atoms with Crippen LogP contribution in [-0.2, 0) is 4.74 Å². The van der Waals surface area contributed by atoms with Crippen LogP contribution in [0.4, 0.5) is 5.69 Å². The predicted molar refractivity (Wildman–Crippen MR) is 95.6 cm³/mol. The molecule has 0 spiro atoms. The van der Waals surface area contributed by atoms with Crippen LogP contribution in [0.25, 0.3) is 22.2 Å². The van der Waals surface area contributed by atoms with Gasteiger partial charge in [-0.15, -0.1) is 0 Å². The molecular weight excluding hydrogens is 302 g/mol. The van der Waals surface area contributed by atoms with Gasteiger partial charge in [-0.1, -0.05) is 6.07 Å². The monoisotopic (exact) mass is 321 g/mol. The summed E-state index contributed by atoms with van der Waals surface area (Å²) in [5, 5.41) is 0.614. The molecule has 0 atom stereocenters. The van der Waals surface area contributed by atoms with Crippen LogP contribution >= 0.6 is 0 Å². The second-order valence-corrected chi connectivity index (χ2v) is 6.05. The Morgan fingerprint density at radius 3 is 2.79 bits per heavy atom. The van der Waals surface area contributed by atoms with Crippen molar-refractivity contribution in [2.45, 2.75) is 6.92 Å². The molecular formula is C19H19N3O2. The topological polar surface area (TPSA) is 58.2 Å². The molecule has 2 aromatic heterocycles. The van der Waals surface area contributed by atoms with E-state index in [1.807, 2.05) is 6.07 Å². The molecule has 5 heteroatoms. The molecule has 5 nitrogen and oxygen atoms in total. The second-order valence-electron chi connectivity index (χ2n) is 6.05. The Morgan fingerprint density at radius 1 is 1.17 bits per heavy atom. The van der Waals surface area contributed by atoms with Gasteiger partial charge >= 0.3 is 0 Å². The first-order valence-corrected chi connectivity index (χ1v) is 8.14. The van der Waals surface area contributed by atoms with Crippen LogP contribution in [0.5, 0.6) is 0 Å². The van der Waals surface area contributed by atoms with Crippen LogP contribution in [0.3, 0.4) is 0 Å². The summed E-state index contributed by atoms with van der Waals surface area (Å²) in [7, 11) is 0. The molecule has 1 aliphatic heterocycles. The number of fused-ring (bicyclic) bond motifs is 1. The molecule has 4 rings (SSSR count). The average molecular weight is 321 g/mol. The maximum absolute atomic E-state index is 12.3. The van der Waals surface area contributed by atoms with Gasteiger partial charge in [-0.05, 0) is 48.4 Å². The van der Waals surface area contributed by atoms with Crippen molar-refractivity contribution < 1.29 is 4.74 Å². The minimum atomic E-state index is -0.106. The number of anilines is 1. The lowest BCUT2D eigenvalue weighted by atomic mass is 10.0. The van der Waals surface area contributed by atoms with Gasteiger partial charge in [0.25, 0.3) is 5.56 Å². The molecule has 0 bridgehead atoms. The molecule has 1 aliphatic rings. The molecule has 1 N–H and O–H groups in total. The van der Waals surface area contributed by atoms with E-state index in [-0.39, 0.29) is 5.56 Å². The lowest BCUT2D eigenvalue weighted by Gasteiger charge is -2.30. The number of hydrogen-bond acceptors (Lipinski definition) is 4. The first-order chi connectivity index (χ1) is 11.7. The standard InChI is InChI=1S/C19H19N3O2/c1-13-11-14(4-5-18(13)22-7-9-24-10-8-22)16-12-17-15(19(23)21-16)3-2-6-20-17/h2-6,11-12H,7-10H2,1H3,(H,21,23). The molecule has 0 unspecified atom stereocenters. The Morgan fingerprint density at radius 2 is 2.00 bits per heavy atom. The van der Waals surface area contributed by atoms with E-state index in [4.69, 9.17) is 4.74 Å². The minimum Gasteiger partial charge on any atom is -0.378 e. The van der Waals surface area contributed by atoms with Gasteiger partial charge in [-0.25, -0.2) is 0 Å². The summed E-state index contributed by atoms with van der Waals surface area (Å²) in [6, 6.07) is 11.8. The number of ether oxygens (including phenoxy) is 1. The molecule has 0 aliphatic carbocycles. The maximum atomic E-state index is 12.3. The zero-order chi connectivity index (χ0) is 16.5. The van der Waals surface area contributed by atoms with Gasteiger partial charge in [0.1, 0.15) is 0 Å². The van der Waals surface area contributed by atoms with Crippen LogP contribution < -0.4 is 10.5 Å². The van der Waals surface area contributed by atoms with Gasteiger partial charge in [-0.3, -0.25) is 9.78 Å². The van der Waals surface area contributed by atoms with Gasteiger partial charge in [-0.2, -0.15) is 0 Å². The molecule has 1 fully saturated rings. The van der Waals surface area contributed by atoms with Gasteiger partial charge in [0.15, 0.2) is 0 Å². The first-order valence-electron chi connectivity index (χ1n) is 8.14. The van der Waals surface area contributed by atoms with E-state index < -0.39 is 0 Å². The van der Waals surface area contributed by atoms with Crippen molar-refractivity contribution in [3.8, 4) is 11.3 Å². The summed E-state index contributed by atoms with van der Waals surface area (Å²) in [5.41, 5.74) is 4.81. The number of benzene rings is 1. The molecule has 0 amide bonds. The number of H-pyrrole nitrogens is 1. The number of nitrogens with one attached hydrogen (secondary N) is 1. The number of morpholine rings is 1. The average Bonchev–Trinajstić information content (AvgIpc) is 2.62. The lowest BCUT2D eigenvalue weighted by Crippen LogP contribution is -2.36. The summed E-state index contributed by atoms with van der Waals surface area (Å²) >= 11 is 0. The normalized spacial score (nSPS) is 15.0. The molecule has 3 aromatic rings. The highest BCUT2D eigenvalue weighted by atomic mass is 16.5. The van der Waals surface area contributed by atoms with Crippen LogP contribution in [0.2, 0.25) is 0 Å². The van der Waals surface area contributed by atoms with Crippen molar-refractivity contribution in [2.24, 2.45) is 0 Å². The van der Waals surface area contributed by atoms with Gasteiger partial charge in [0.2, 0.25) is 0 Å². The molecule has 1 aromatic carbocycles. The quantitative estimate of drug-likeness (QED) is 0.788. The predicted octanol–water partition coefficient (Wildman–Crippen LogP) is 2.74. The molecule has 1 saturated heterocycles. The minimum absolute atomic E-state index is 0.106. The Kier molecular flexibility index (Phi) is 3.78. The van der Waals surface area contributed by atoms with Crippen molar-refractivity contribution in [1.82, 2.24) is 9.97 Å². The van der Waals surface area contributed by atoms with Crippen LogP contribution in [-0.4, -0.2) is 36.3 Å². The number of rotatable bonds is 2. The van der Waals surface area contributed by atoms with Crippen molar-refractivity contribution in [3.05, 3.63) is 58.5 Å². The van der Waals surface area contributed by atoms with Crippen LogP contribution in [0.1, 0.15) is 5.56 Å². The van der Waals surface area contributed by atoms with E-state index >= 15 is 0 Å². The number of aryl methyl sites for hydroxylation is 1. The van der Waals surface area contributed by atoms with Crippen molar-refractivity contribution in [3.63, 3.8) is 0 Å². The third-order valence-corrected chi connectivity index (χ3v) is 4.47. The summed E-state index contributed by atoms with van der Waals surface area (Å²) < 4.78 is 5.42. The summed E-state index contributed by atoms with van der Waals surface area (Å²) in [6.45, 7) is 5.47. The number of hydrogen-bond donors (Lipinski definition) is 1. The molecule has 122 valence electrons. The Balaban J connectivity index is 1.74. The highest BCUT2D eigenvalue weighted by Gasteiger charge is 2.14. The zero-order valence-electron chi connectivity index (χ0n) is 13.6. The maximum Gasteiger partial charge on any atom is 0.257 e. The first kappa shape index (κ1) is 14.9. The smallest absolute Gasteiger partial charge is 0.257 e. The molecule has 0 radical (unpaired) electrons. The fourth-order valence-electron chi connectivity index (χ4n) is 3.22. The summed E-state index contributed by atoms with van der Waals surface area (Å²) in [4.78, 5) is 21.9. The van der Waals surface area contributed by atoms with Crippen molar-refractivity contribution >= 4 is 16.6 Å². The fourth-order valence-corrected chi connectivity index (χ4v) is 3.22. The highest BCUT2D eigenvalue weighted by molar-refractivity contribution is 5.81. The molecule has 3 heterocycles. The second kappa shape index (κ2) is 6.09. The largest absolute Gasteiger partial charge is 0.378 e. The summed E-state index contributed by atoms with van der Waals surface area (Å²) in [6.07, 6.45) is 1.71. The Labute approximate surface area is 139 Å². The van der Waals surface area contributed by atoms with E-state index in [1.54, 1.807) is 18.3 Å². The molecule has 24 heavy (non-hydrogen) atoms. The van der Waals surface area contributed by atoms with Crippen LogP contribution in [0, 0.1) is 6.92 Å². The fraction of sp³-hybridized carbons (Fsp3) is 0.263. The van der Waals surface area contributed by atoms with E-state index in [0.717, 1.165) is 37.6 Å². The van der Waals surface area contributed by atoms with Crippen molar-refractivity contribution in [2.75, 3.05) is 31.2 Å². The van der Waals surface area contributed by atoms with Crippen molar-refractivity contribution in [1.29, 1.82) is 0 Å². The number of aromatic amines is 1. The van der Waals surface area contributed by atoms with Gasteiger partial charge < -0.3 is 14.6 Å². The Hall–Kier alpha value is -2.66. The lowest BCUT2D eigenvalue weighted by molar-refractivity contribution is 0.122. The van der Waals surface area contributed by atoms with Crippen LogP contribution in [0.15, 0.2) is 47.4 Å². The Bertz CT molecular complexity index is 943. The number of pyridine rings is 2. The van der Waals surface area contributed by atoms with E-state index in [1.165, 1.54) is 11.3 Å². The number of nitrogens with zero attached hydrogens (tertiary/aromatic N) is 2. The van der Waals surface area contributed by atoms with Gasteiger partial charge in [0.05, 0.1) is 29.8 Å². The van der Waals surface area contributed by atoms with E-state index in [9.17, 15) is 4.79 Å². The SMILES string of the molecule is Cc1cc(-c2cc3ncccc3c(=O)[nH]2)ccc1N1CCOCC1. The third-order valence-electron chi connectivity index (χ3n) is 4.47. The van der Waals surface area contributed by atoms with Gasteiger partial charge in [0, 0.05) is 25.0 Å². The zero-order valence-corrected chi connectivity index (χ0v) is 13.6.